The third kappa shape index (κ3) is 5.90. The molecule has 0 heterocycles. The van der Waals surface area contributed by atoms with E-state index < -0.39 is 42.6 Å². The summed E-state index contributed by atoms with van der Waals surface area (Å²) >= 11 is 0.661. The van der Waals surface area contributed by atoms with Crippen LogP contribution in [0.2, 0.25) is 0 Å². The Morgan fingerprint density at radius 3 is 2.23 bits per heavy atom. The van der Waals surface area contributed by atoms with E-state index in [9.17, 15) is 31.1 Å². The SMILES string of the molecule is O=C(SCCC(F)C(F)C(F)(F)CC(F)F)c1ccccc1. The van der Waals surface area contributed by atoms with E-state index in [0.29, 0.717) is 17.3 Å². The lowest BCUT2D eigenvalue weighted by molar-refractivity contribution is -0.128. The van der Waals surface area contributed by atoms with Gasteiger partial charge in [-0.05, 0) is 6.42 Å². The van der Waals surface area contributed by atoms with E-state index in [2.05, 4.69) is 0 Å². The number of hydrogen-bond donors (Lipinski definition) is 0. The first-order valence-electron chi connectivity index (χ1n) is 6.40. The second kappa shape index (κ2) is 8.45. The molecule has 1 aromatic carbocycles. The van der Waals surface area contributed by atoms with Crippen LogP contribution < -0.4 is 0 Å². The Kier molecular flexibility index (Phi) is 7.25. The minimum atomic E-state index is -4.43. The van der Waals surface area contributed by atoms with Crippen LogP contribution in [0.4, 0.5) is 26.3 Å². The van der Waals surface area contributed by atoms with Crippen LogP contribution in [0.15, 0.2) is 30.3 Å². The van der Waals surface area contributed by atoms with Gasteiger partial charge in [-0.2, -0.15) is 0 Å². The third-order valence-electron chi connectivity index (χ3n) is 2.78. The van der Waals surface area contributed by atoms with E-state index in [1.54, 1.807) is 18.2 Å². The Labute approximate surface area is 128 Å². The molecule has 0 amide bonds. The zero-order chi connectivity index (χ0) is 16.8. The lowest BCUT2D eigenvalue weighted by atomic mass is 10.1. The van der Waals surface area contributed by atoms with Crippen LogP contribution in [-0.2, 0) is 0 Å². The van der Waals surface area contributed by atoms with Crippen LogP contribution in [0.3, 0.4) is 0 Å². The molecule has 0 aliphatic heterocycles. The second-order valence-electron chi connectivity index (χ2n) is 4.56. The fourth-order valence-electron chi connectivity index (χ4n) is 1.65. The Hall–Kier alpha value is -1.18. The molecule has 0 radical (unpaired) electrons. The molecule has 1 rings (SSSR count). The summed E-state index contributed by atoms with van der Waals surface area (Å²) in [5.74, 6) is -4.65. The van der Waals surface area contributed by atoms with Gasteiger partial charge in [-0.1, -0.05) is 42.1 Å². The van der Waals surface area contributed by atoms with Crippen molar-refractivity contribution in [2.45, 2.75) is 37.5 Å². The highest BCUT2D eigenvalue weighted by atomic mass is 32.2. The Morgan fingerprint density at radius 2 is 1.68 bits per heavy atom. The van der Waals surface area contributed by atoms with Crippen LogP contribution in [0.25, 0.3) is 0 Å². The highest BCUT2D eigenvalue weighted by Gasteiger charge is 2.47. The summed E-state index contributed by atoms with van der Waals surface area (Å²) in [4.78, 5) is 11.6. The number of halogens is 6. The topological polar surface area (TPSA) is 17.1 Å². The van der Waals surface area contributed by atoms with E-state index in [0.717, 1.165) is 0 Å². The summed E-state index contributed by atoms with van der Waals surface area (Å²) in [6.07, 6.45) is -12.0. The van der Waals surface area contributed by atoms with Gasteiger partial charge in [0.1, 0.15) is 6.17 Å². The largest absolute Gasteiger partial charge is 0.287 e. The molecule has 0 N–H and O–H groups in total. The number of hydrogen-bond acceptors (Lipinski definition) is 2. The monoisotopic (exact) mass is 344 g/mol. The molecule has 0 spiro atoms. The fraction of sp³-hybridized carbons (Fsp3) is 0.500. The number of carbonyl (C=O) groups excluding carboxylic acids is 1. The van der Waals surface area contributed by atoms with E-state index in [4.69, 9.17) is 0 Å². The number of carbonyl (C=O) groups is 1. The van der Waals surface area contributed by atoms with Crippen LogP contribution >= 0.6 is 11.8 Å². The minimum absolute atomic E-state index is 0.222. The maximum absolute atomic E-state index is 13.4. The van der Waals surface area contributed by atoms with E-state index in [1.807, 2.05) is 0 Å². The zero-order valence-corrected chi connectivity index (χ0v) is 12.1. The molecule has 0 saturated heterocycles. The quantitative estimate of drug-likeness (QED) is 0.623. The Morgan fingerprint density at radius 1 is 1.09 bits per heavy atom. The molecule has 2 atom stereocenters. The molecule has 1 nitrogen and oxygen atoms in total. The number of thioether (sulfide) groups is 1. The van der Waals surface area contributed by atoms with Gasteiger partial charge in [-0.15, -0.1) is 0 Å². The van der Waals surface area contributed by atoms with Crippen molar-refractivity contribution in [3.05, 3.63) is 35.9 Å². The molecule has 22 heavy (non-hydrogen) atoms. The predicted molar refractivity (Wildman–Crippen MR) is 73.2 cm³/mol. The maximum atomic E-state index is 13.4. The van der Waals surface area contributed by atoms with Gasteiger partial charge in [0.2, 0.25) is 11.5 Å². The van der Waals surface area contributed by atoms with Crippen LogP contribution in [0, 0.1) is 0 Å². The third-order valence-corrected chi connectivity index (χ3v) is 3.72. The van der Waals surface area contributed by atoms with Gasteiger partial charge >= 0.3 is 0 Å². The number of rotatable bonds is 8. The maximum Gasteiger partial charge on any atom is 0.287 e. The molecular formula is C14H14F6OS. The first kappa shape index (κ1) is 18.9. The average molecular weight is 344 g/mol. The smallest absolute Gasteiger partial charge is 0.282 e. The van der Waals surface area contributed by atoms with Crippen molar-refractivity contribution in [1.82, 2.24) is 0 Å². The molecular weight excluding hydrogens is 330 g/mol. The molecule has 0 aliphatic rings. The fourth-order valence-corrected chi connectivity index (χ4v) is 2.48. The zero-order valence-electron chi connectivity index (χ0n) is 11.3. The average Bonchev–Trinajstić information content (AvgIpc) is 2.45. The second-order valence-corrected chi connectivity index (χ2v) is 5.63. The van der Waals surface area contributed by atoms with Crippen LogP contribution in [-0.4, -0.2) is 35.6 Å². The summed E-state index contributed by atoms with van der Waals surface area (Å²) < 4.78 is 76.4. The van der Waals surface area contributed by atoms with Crippen molar-refractivity contribution >= 4 is 16.9 Å². The molecule has 0 fully saturated rings. The van der Waals surface area contributed by atoms with Gasteiger partial charge in [0.15, 0.2) is 6.17 Å². The van der Waals surface area contributed by atoms with Crippen LogP contribution in [0.5, 0.6) is 0 Å². The minimum Gasteiger partial charge on any atom is -0.282 e. The lowest BCUT2D eigenvalue weighted by Crippen LogP contribution is -2.39. The van der Waals surface area contributed by atoms with Crippen molar-refractivity contribution in [3.63, 3.8) is 0 Å². The summed E-state index contributed by atoms with van der Waals surface area (Å²) in [7, 11) is 0. The first-order valence-corrected chi connectivity index (χ1v) is 7.39. The molecule has 0 bridgehead atoms. The van der Waals surface area contributed by atoms with E-state index in [-0.39, 0.29) is 5.75 Å². The molecule has 8 heteroatoms. The van der Waals surface area contributed by atoms with E-state index in [1.165, 1.54) is 12.1 Å². The molecule has 0 aliphatic carbocycles. The van der Waals surface area contributed by atoms with Crippen LogP contribution in [0.1, 0.15) is 23.2 Å². The first-order chi connectivity index (χ1) is 10.2. The molecule has 2 unspecified atom stereocenters. The standard InChI is InChI=1S/C14H14F6OS/c15-10(12(18)14(19,20)8-11(16)17)6-7-22-13(21)9-4-2-1-3-5-9/h1-5,10-12H,6-8H2. The molecule has 0 saturated carbocycles. The summed E-state index contributed by atoms with van der Waals surface area (Å²) in [6, 6.07) is 7.98. The molecule has 0 aromatic heterocycles. The van der Waals surface area contributed by atoms with Gasteiger partial charge < -0.3 is 0 Å². The van der Waals surface area contributed by atoms with Crippen molar-refractivity contribution in [2.24, 2.45) is 0 Å². The Balaban J connectivity index is 2.42. The predicted octanol–water partition coefficient (Wildman–Crippen LogP) is 4.92. The van der Waals surface area contributed by atoms with Gasteiger partial charge in [0, 0.05) is 11.3 Å². The van der Waals surface area contributed by atoms with Gasteiger partial charge in [-0.3, -0.25) is 4.79 Å². The van der Waals surface area contributed by atoms with Gasteiger partial charge in [-0.25, -0.2) is 26.3 Å². The van der Waals surface area contributed by atoms with Crippen molar-refractivity contribution in [3.8, 4) is 0 Å². The molecule has 1 aromatic rings. The molecule has 124 valence electrons. The number of benzene rings is 1. The van der Waals surface area contributed by atoms with Gasteiger partial charge in [0.25, 0.3) is 5.92 Å². The summed E-state index contributed by atoms with van der Waals surface area (Å²) in [6.45, 7) is 0. The highest BCUT2D eigenvalue weighted by Crippen LogP contribution is 2.33. The van der Waals surface area contributed by atoms with Crippen molar-refractivity contribution < 1.29 is 31.1 Å². The summed E-state index contributed by atoms with van der Waals surface area (Å²) in [5.41, 5.74) is 0.350. The Bertz CT molecular complexity index is 468. The number of alkyl halides is 6. The lowest BCUT2D eigenvalue weighted by Gasteiger charge is -2.22. The van der Waals surface area contributed by atoms with Crippen molar-refractivity contribution in [1.29, 1.82) is 0 Å². The van der Waals surface area contributed by atoms with E-state index >= 15 is 0 Å². The normalized spacial score (nSPS) is 14.9. The summed E-state index contributed by atoms with van der Waals surface area (Å²) in [5, 5.41) is -0.400. The van der Waals surface area contributed by atoms with Crippen molar-refractivity contribution in [2.75, 3.05) is 5.75 Å². The van der Waals surface area contributed by atoms with Gasteiger partial charge in [0.05, 0.1) is 6.42 Å². The highest BCUT2D eigenvalue weighted by molar-refractivity contribution is 8.14.